The molecule has 0 radical (unpaired) electrons. The van der Waals surface area contributed by atoms with Crippen molar-refractivity contribution >= 4 is 0 Å². The Morgan fingerprint density at radius 3 is 2.50 bits per heavy atom. The number of ether oxygens (including phenoxy) is 1. The molecular formula is C18H18F3NO2. The lowest BCUT2D eigenvalue weighted by Crippen LogP contribution is -2.41. The summed E-state index contributed by atoms with van der Waals surface area (Å²) in [5.74, 6) is 0.320. The van der Waals surface area contributed by atoms with Crippen LogP contribution in [0.25, 0.3) is 11.1 Å². The van der Waals surface area contributed by atoms with E-state index in [1.54, 1.807) is 24.3 Å². The van der Waals surface area contributed by atoms with E-state index in [1.165, 1.54) is 18.2 Å². The van der Waals surface area contributed by atoms with Crippen LogP contribution < -0.4 is 10.1 Å². The van der Waals surface area contributed by atoms with Crippen LogP contribution in [0.2, 0.25) is 0 Å². The van der Waals surface area contributed by atoms with Crippen LogP contribution in [0.15, 0.2) is 42.5 Å². The van der Waals surface area contributed by atoms with Crippen LogP contribution in [0, 0.1) is 0 Å². The SMILES string of the molecule is CNCCCOc1ccc2c(c1)C(O)(C(F)(F)F)c1ccccc1-2. The number of hydrogen-bond donors (Lipinski definition) is 2. The van der Waals surface area contributed by atoms with Crippen molar-refractivity contribution in [2.75, 3.05) is 20.2 Å². The number of benzene rings is 2. The monoisotopic (exact) mass is 337 g/mol. The van der Waals surface area contributed by atoms with E-state index in [2.05, 4.69) is 5.32 Å². The molecule has 1 aliphatic rings. The van der Waals surface area contributed by atoms with Gasteiger partial charge < -0.3 is 15.2 Å². The molecule has 3 nitrogen and oxygen atoms in total. The largest absolute Gasteiger partial charge is 0.494 e. The van der Waals surface area contributed by atoms with Gasteiger partial charge in [0.15, 0.2) is 0 Å². The number of aliphatic hydroxyl groups is 1. The number of nitrogens with one attached hydrogen (secondary N) is 1. The van der Waals surface area contributed by atoms with Gasteiger partial charge in [-0.2, -0.15) is 13.2 Å². The van der Waals surface area contributed by atoms with Gasteiger partial charge in [0.25, 0.3) is 0 Å². The third kappa shape index (κ3) is 2.56. The molecule has 0 heterocycles. The van der Waals surface area contributed by atoms with E-state index in [0.717, 1.165) is 13.0 Å². The first kappa shape index (κ1) is 16.8. The van der Waals surface area contributed by atoms with Crippen LogP contribution in [-0.4, -0.2) is 31.5 Å². The van der Waals surface area contributed by atoms with Crippen molar-refractivity contribution in [3.8, 4) is 16.9 Å². The molecule has 0 saturated carbocycles. The molecule has 0 aromatic heterocycles. The second kappa shape index (κ2) is 6.11. The van der Waals surface area contributed by atoms with Gasteiger partial charge in [-0.25, -0.2) is 0 Å². The first-order valence-corrected chi connectivity index (χ1v) is 7.70. The van der Waals surface area contributed by atoms with E-state index < -0.39 is 11.8 Å². The number of alkyl halides is 3. The number of hydrogen-bond acceptors (Lipinski definition) is 3. The van der Waals surface area contributed by atoms with Crippen LogP contribution in [-0.2, 0) is 5.60 Å². The predicted molar refractivity (Wildman–Crippen MR) is 85.0 cm³/mol. The first-order chi connectivity index (χ1) is 11.4. The average molecular weight is 337 g/mol. The molecule has 0 spiro atoms. The predicted octanol–water partition coefficient (Wildman–Crippen LogP) is 3.45. The Balaban J connectivity index is 2.02. The fourth-order valence-electron chi connectivity index (χ4n) is 3.07. The van der Waals surface area contributed by atoms with E-state index in [9.17, 15) is 18.3 Å². The quantitative estimate of drug-likeness (QED) is 0.821. The van der Waals surface area contributed by atoms with Gasteiger partial charge in [0.05, 0.1) is 6.61 Å². The maximum Gasteiger partial charge on any atom is 0.425 e. The second-order valence-corrected chi connectivity index (χ2v) is 5.77. The fraction of sp³-hybridized carbons (Fsp3) is 0.333. The average Bonchev–Trinajstić information content (AvgIpc) is 2.82. The van der Waals surface area contributed by atoms with Gasteiger partial charge in [-0.05, 0) is 43.3 Å². The van der Waals surface area contributed by atoms with E-state index in [1.807, 2.05) is 7.05 Å². The van der Waals surface area contributed by atoms with Crippen molar-refractivity contribution in [1.82, 2.24) is 5.32 Å². The molecule has 0 saturated heterocycles. The van der Waals surface area contributed by atoms with E-state index in [4.69, 9.17) is 4.74 Å². The highest BCUT2D eigenvalue weighted by atomic mass is 19.4. The minimum absolute atomic E-state index is 0.139. The van der Waals surface area contributed by atoms with Crippen molar-refractivity contribution in [2.45, 2.75) is 18.2 Å². The molecule has 24 heavy (non-hydrogen) atoms. The Morgan fingerprint density at radius 1 is 1.08 bits per heavy atom. The Morgan fingerprint density at radius 2 is 1.79 bits per heavy atom. The third-order valence-corrected chi connectivity index (χ3v) is 4.24. The maximum atomic E-state index is 13.7. The smallest absolute Gasteiger partial charge is 0.425 e. The van der Waals surface area contributed by atoms with Crippen molar-refractivity contribution in [1.29, 1.82) is 0 Å². The Kier molecular flexibility index (Phi) is 4.27. The Hall–Kier alpha value is -2.05. The molecule has 1 atom stereocenters. The lowest BCUT2D eigenvalue weighted by Gasteiger charge is -2.28. The number of halogens is 3. The second-order valence-electron chi connectivity index (χ2n) is 5.77. The van der Waals surface area contributed by atoms with Crippen LogP contribution in [0.5, 0.6) is 5.75 Å². The summed E-state index contributed by atoms with van der Waals surface area (Å²) in [5, 5.41) is 13.5. The van der Waals surface area contributed by atoms with Crippen molar-refractivity contribution < 1.29 is 23.0 Å². The fourth-order valence-corrected chi connectivity index (χ4v) is 3.07. The molecule has 0 amide bonds. The Bertz CT molecular complexity index is 745. The maximum absolute atomic E-state index is 13.7. The normalized spacial score (nSPS) is 19.0. The van der Waals surface area contributed by atoms with Crippen molar-refractivity contribution in [2.24, 2.45) is 0 Å². The van der Waals surface area contributed by atoms with Crippen LogP contribution in [0.1, 0.15) is 17.5 Å². The van der Waals surface area contributed by atoms with Gasteiger partial charge in [0, 0.05) is 11.1 Å². The first-order valence-electron chi connectivity index (χ1n) is 7.70. The zero-order valence-electron chi connectivity index (χ0n) is 13.2. The molecule has 1 unspecified atom stereocenters. The summed E-state index contributed by atoms with van der Waals surface area (Å²) in [5.41, 5.74) is -2.55. The van der Waals surface area contributed by atoms with Gasteiger partial charge in [0.2, 0.25) is 5.60 Å². The van der Waals surface area contributed by atoms with Gasteiger partial charge in [0.1, 0.15) is 5.75 Å². The van der Waals surface area contributed by atoms with Gasteiger partial charge in [-0.3, -0.25) is 0 Å². The standard InChI is InChI=1S/C18H18F3NO2/c1-22-9-4-10-24-12-7-8-14-13-5-2-3-6-15(13)17(23,16(14)11-12)18(19,20)21/h2-3,5-8,11,22-23H,4,9-10H2,1H3. The van der Waals surface area contributed by atoms with Crippen LogP contribution in [0.3, 0.4) is 0 Å². The highest BCUT2D eigenvalue weighted by molar-refractivity contribution is 5.81. The molecule has 6 heteroatoms. The molecule has 2 aromatic rings. The van der Waals surface area contributed by atoms with Crippen molar-refractivity contribution in [3.63, 3.8) is 0 Å². The summed E-state index contributed by atoms with van der Waals surface area (Å²) in [6.45, 7) is 1.14. The molecule has 0 bridgehead atoms. The Labute approximate surface area is 138 Å². The molecule has 0 aliphatic heterocycles. The molecular weight excluding hydrogens is 319 g/mol. The van der Waals surface area contributed by atoms with E-state index >= 15 is 0 Å². The summed E-state index contributed by atoms with van der Waals surface area (Å²) >= 11 is 0. The summed E-state index contributed by atoms with van der Waals surface area (Å²) in [7, 11) is 1.82. The van der Waals surface area contributed by atoms with Crippen LogP contribution in [0.4, 0.5) is 13.2 Å². The zero-order chi connectivity index (χ0) is 17.4. The summed E-state index contributed by atoms with van der Waals surface area (Å²) in [6, 6.07) is 10.6. The zero-order valence-corrected chi connectivity index (χ0v) is 13.2. The van der Waals surface area contributed by atoms with Gasteiger partial charge in [-0.15, -0.1) is 0 Å². The summed E-state index contributed by atoms with van der Waals surface area (Å²) < 4.78 is 46.6. The lowest BCUT2D eigenvalue weighted by molar-refractivity contribution is -0.246. The highest BCUT2D eigenvalue weighted by Gasteiger charge is 2.60. The summed E-state index contributed by atoms with van der Waals surface area (Å²) in [6.07, 6.45) is -4.09. The molecule has 2 aromatic carbocycles. The van der Waals surface area contributed by atoms with E-state index in [-0.39, 0.29) is 11.1 Å². The number of rotatable bonds is 5. The minimum atomic E-state index is -4.82. The third-order valence-electron chi connectivity index (χ3n) is 4.24. The molecule has 128 valence electrons. The van der Waals surface area contributed by atoms with E-state index in [0.29, 0.717) is 23.5 Å². The topological polar surface area (TPSA) is 41.5 Å². The number of fused-ring (bicyclic) bond motifs is 3. The molecule has 0 fully saturated rings. The van der Waals surface area contributed by atoms with Crippen molar-refractivity contribution in [3.05, 3.63) is 53.6 Å². The molecule has 1 aliphatic carbocycles. The summed E-state index contributed by atoms with van der Waals surface area (Å²) in [4.78, 5) is 0. The molecule has 3 rings (SSSR count). The molecule has 2 N–H and O–H groups in total. The minimum Gasteiger partial charge on any atom is -0.494 e. The van der Waals surface area contributed by atoms with Gasteiger partial charge >= 0.3 is 6.18 Å². The van der Waals surface area contributed by atoms with Gasteiger partial charge in [-0.1, -0.05) is 30.3 Å². The van der Waals surface area contributed by atoms with Crippen LogP contribution >= 0.6 is 0 Å². The highest BCUT2D eigenvalue weighted by Crippen LogP contribution is 2.55. The lowest BCUT2D eigenvalue weighted by atomic mass is 9.91.